The van der Waals surface area contributed by atoms with E-state index in [4.69, 9.17) is 0 Å². The van der Waals surface area contributed by atoms with Gasteiger partial charge in [0.25, 0.3) is 0 Å². The molecule has 0 aromatic carbocycles. The molecule has 2 N–H and O–H groups in total. The lowest BCUT2D eigenvalue weighted by molar-refractivity contribution is 0.0435. The predicted octanol–water partition coefficient (Wildman–Crippen LogP) is 9.42. The van der Waals surface area contributed by atoms with Crippen LogP contribution in [0.15, 0.2) is 36.0 Å². The van der Waals surface area contributed by atoms with Crippen LogP contribution in [0.4, 0.5) is 0 Å². The molecule has 192 valence electrons. The normalized spacial score (nSPS) is 15.0. The van der Waals surface area contributed by atoms with Gasteiger partial charge in [0, 0.05) is 0 Å². The third-order valence-corrected chi connectivity index (χ3v) is 5.70. The van der Waals surface area contributed by atoms with Gasteiger partial charge < -0.3 is 10.2 Å². The highest BCUT2D eigenvalue weighted by atomic mass is 16.3. The Kier molecular flexibility index (Phi) is 23.1. The van der Waals surface area contributed by atoms with Crippen molar-refractivity contribution in [3.63, 3.8) is 0 Å². The predicted molar refractivity (Wildman–Crippen MR) is 147 cm³/mol. The molecule has 0 rings (SSSR count). The van der Waals surface area contributed by atoms with Crippen LogP contribution in [0.25, 0.3) is 0 Å². The van der Waals surface area contributed by atoms with E-state index in [1.165, 1.54) is 36.8 Å². The molecule has 0 aromatic rings. The lowest BCUT2D eigenvalue weighted by Crippen LogP contribution is -2.22. The van der Waals surface area contributed by atoms with Crippen LogP contribution in [0, 0.1) is 11.8 Å². The number of aliphatic hydroxyl groups is 2. The molecule has 0 aliphatic heterocycles. The standard InChI is InChI=1S/C10H22O.C10H18O.C10H20/c2*1-5-10(4,11)8-6-7-9(2)3;1-5-10(4)8-6-7-9(2)3/h9,11H,5-8H2,1-4H3;5,7,11H,1,6,8H2,2-4H3;8-9H,5-7H2,1-4H3. The minimum Gasteiger partial charge on any atom is -0.390 e. The first-order chi connectivity index (χ1) is 14.6. The van der Waals surface area contributed by atoms with E-state index in [9.17, 15) is 10.2 Å². The Balaban J connectivity index is -0.000000395. The number of hydrogen-bond acceptors (Lipinski definition) is 2. The quantitative estimate of drug-likeness (QED) is 0.273. The Morgan fingerprint density at radius 1 is 0.844 bits per heavy atom. The molecular weight excluding hydrogens is 392 g/mol. The van der Waals surface area contributed by atoms with Gasteiger partial charge in [-0.25, -0.2) is 0 Å². The maximum Gasteiger partial charge on any atom is 0.0800 e. The van der Waals surface area contributed by atoms with E-state index in [0.29, 0.717) is 0 Å². The number of hydrogen-bond donors (Lipinski definition) is 2. The SMILES string of the molecule is C=CC(C)(O)CCC=C(C)C.CCC(C)(O)CCCC(C)C.CCC(C)=CCCC(C)C. The van der Waals surface area contributed by atoms with E-state index in [0.717, 1.165) is 43.9 Å². The van der Waals surface area contributed by atoms with Crippen LogP contribution < -0.4 is 0 Å². The Morgan fingerprint density at radius 2 is 1.38 bits per heavy atom. The van der Waals surface area contributed by atoms with Gasteiger partial charge in [-0.15, -0.1) is 6.58 Å². The molecule has 0 amide bonds. The average molecular weight is 453 g/mol. The second-order valence-electron chi connectivity index (χ2n) is 10.9. The van der Waals surface area contributed by atoms with Crippen LogP contribution in [-0.2, 0) is 0 Å². The summed E-state index contributed by atoms with van der Waals surface area (Å²) in [6.45, 7) is 26.8. The summed E-state index contributed by atoms with van der Waals surface area (Å²) in [4.78, 5) is 0. The topological polar surface area (TPSA) is 40.5 Å². The molecule has 0 spiro atoms. The van der Waals surface area contributed by atoms with Crippen LogP contribution in [-0.4, -0.2) is 21.4 Å². The Hall–Kier alpha value is -0.860. The summed E-state index contributed by atoms with van der Waals surface area (Å²) in [5, 5.41) is 19.1. The zero-order valence-corrected chi connectivity index (χ0v) is 23.9. The van der Waals surface area contributed by atoms with Gasteiger partial charge in [-0.1, -0.05) is 83.8 Å². The minimum atomic E-state index is -0.702. The van der Waals surface area contributed by atoms with Gasteiger partial charge in [-0.05, 0) is 91.4 Å². The molecule has 0 aliphatic rings. The van der Waals surface area contributed by atoms with Crippen LogP contribution in [0.5, 0.6) is 0 Å². The fourth-order valence-electron chi connectivity index (χ4n) is 2.63. The van der Waals surface area contributed by atoms with E-state index in [-0.39, 0.29) is 0 Å². The van der Waals surface area contributed by atoms with Gasteiger partial charge >= 0.3 is 0 Å². The maximum atomic E-state index is 9.64. The zero-order valence-electron chi connectivity index (χ0n) is 23.9. The van der Waals surface area contributed by atoms with E-state index in [2.05, 4.69) is 74.1 Å². The van der Waals surface area contributed by atoms with Gasteiger partial charge in [-0.2, -0.15) is 0 Å². The van der Waals surface area contributed by atoms with Crippen LogP contribution in [0.1, 0.15) is 134 Å². The molecule has 2 atom stereocenters. The fraction of sp³-hybridized carbons (Fsp3) is 0.800. The third kappa shape index (κ3) is 31.3. The van der Waals surface area contributed by atoms with E-state index in [1.54, 1.807) is 13.0 Å². The molecule has 0 saturated heterocycles. The van der Waals surface area contributed by atoms with Gasteiger partial charge in [0.2, 0.25) is 0 Å². The number of rotatable bonds is 13. The second kappa shape index (κ2) is 20.7. The molecule has 0 fully saturated rings. The summed E-state index contributed by atoms with van der Waals surface area (Å²) in [6, 6.07) is 0. The Labute approximate surface area is 203 Å². The zero-order chi connectivity index (χ0) is 25.8. The van der Waals surface area contributed by atoms with Gasteiger partial charge in [0.15, 0.2) is 0 Å². The number of allylic oxidation sites excluding steroid dienone is 4. The summed E-state index contributed by atoms with van der Waals surface area (Å²) in [5.41, 5.74) is 1.70. The first-order valence-electron chi connectivity index (χ1n) is 13.0. The summed E-state index contributed by atoms with van der Waals surface area (Å²) in [5.74, 6) is 1.61. The Bertz CT molecular complexity index is 489. The van der Waals surface area contributed by atoms with Crippen molar-refractivity contribution in [3.8, 4) is 0 Å². The molecule has 2 heteroatoms. The molecule has 0 radical (unpaired) electrons. The smallest absolute Gasteiger partial charge is 0.0800 e. The minimum absolute atomic E-state index is 0.422. The Morgan fingerprint density at radius 3 is 1.75 bits per heavy atom. The molecule has 0 aromatic heterocycles. The molecule has 2 nitrogen and oxygen atoms in total. The van der Waals surface area contributed by atoms with Crippen molar-refractivity contribution in [2.45, 2.75) is 145 Å². The van der Waals surface area contributed by atoms with Gasteiger partial charge in [0.1, 0.15) is 0 Å². The third-order valence-electron chi connectivity index (χ3n) is 5.70. The first-order valence-corrected chi connectivity index (χ1v) is 13.0. The monoisotopic (exact) mass is 452 g/mol. The highest BCUT2D eigenvalue weighted by molar-refractivity contribution is 4.98. The molecule has 0 bridgehead atoms. The molecule has 0 saturated carbocycles. The lowest BCUT2D eigenvalue weighted by atomic mass is 9.94. The van der Waals surface area contributed by atoms with E-state index >= 15 is 0 Å². The molecule has 32 heavy (non-hydrogen) atoms. The molecule has 2 unspecified atom stereocenters. The summed E-state index contributed by atoms with van der Waals surface area (Å²) < 4.78 is 0. The fourth-order valence-corrected chi connectivity index (χ4v) is 2.63. The van der Waals surface area contributed by atoms with Crippen LogP contribution in [0.2, 0.25) is 0 Å². The van der Waals surface area contributed by atoms with Gasteiger partial charge in [-0.3, -0.25) is 0 Å². The van der Waals surface area contributed by atoms with E-state index in [1.807, 2.05) is 13.8 Å². The van der Waals surface area contributed by atoms with Crippen molar-refractivity contribution in [3.05, 3.63) is 36.0 Å². The molecule has 0 heterocycles. The largest absolute Gasteiger partial charge is 0.390 e. The van der Waals surface area contributed by atoms with Crippen molar-refractivity contribution in [1.82, 2.24) is 0 Å². The van der Waals surface area contributed by atoms with Crippen molar-refractivity contribution in [1.29, 1.82) is 0 Å². The maximum absolute atomic E-state index is 9.64. The highest BCUT2D eigenvalue weighted by Gasteiger charge is 2.16. The van der Waals surface area contributed by atoms with E-state index < -0.39 is 11.2 Å². The molecular formula is C30H60O2. The van der Waals surface area contributed by atoms with Crippen molar-refractivity contribution in [2.75, 3.05) is 0 Å². The van der Waals surface area contributed by atoms with Crippen molar-refractivity contribution >= 4 is 0 Å². The molecule has 0 aliphatic carbocycles. The average Bonchev–Trinajstić information content (AvgIpc) is 2.67. The second-order valence-corrected chi connectivity index (χ2v) is 10.9. The van der Waals surface area contributed by atoms with Crippen molar-refractivity contribution < 1.29 is 10.2 Å². The first kappa shape index (κ1) is 35.7. The lowest BCUT2D eigenvalue weighted by Gasteiger charge is -2.21. The summed E-state index contributed by atoms with van der Waals surface area (Å²) in [6.07, 6.45) is 15.7. The summed E-state index contributed by atoms with van der Waals surface area (Å²) in [7, 11) is 0. The van der Waals surface area contributed by atoms with Crippen molar-refractivity contribution in [2.24, 2.45) is 11.8 Å². The highest BCUT2D eigenvalue weighted by Crippen LogP contribution is 2.19. The van der Waals surface area contributed by atoms with Crippen LogP contribution >= 0.6 is 0 Å². The summed E-state index contributed by atoms with van der Waals surface area (Å²) >= 11 is 0. The van der Waals surface area contributed by atoms with Gasteiger partial charge in [0.05, 0.1) is 11.2 Å². The van der Waals surface area contributed by atoms with Crippen LogP contribution in [0.3, 0.4) is 0 Å².